The van der Waals surface area contributed by atoms with Gasteiger partial charge in [0.2, 0.25) is 0 Å². The fourth-order valence-electron chi connectivity index (χ4n) is 3.49. The van der Waals surface area contributed by atoms with Crippen molar-refractivity contribution >= 4 is 23.2 Å². The van der Waals surface area contributed by atoms with Gasteiger partial charge in [-0.25, -0.2) is 10.4 Å². The number of nitrogens with one attached hydrogen (secondary N) is 2. The summed E-state index contributed by atoms with van der Waals surface area (Å²) in [7, 11) is 3.22. The third kappa shape index (κ3) is 5.35. The third-order valence-electron chi connectivity index (χ3n) is 5.19. The van der Waals surface area contributed by atoms with E-state index in [4.69, 9.17) is 14.2 Å². The molecule has 1 heterocycles. The van der Waals surface area contributed by atoms with Gasteiger partial charge in [-0.05, 0) is 66.6 Å². The number of carbonyl (C=O) groups excluding carboxylic acids is 1. The maximum absolute atomic E-state index is 12.6. The summed E-state index contributed by atoms with van der Waals surface area (Å²) in [5, 5.41) is 4.07. The third-order valence-corrected chi connectivity index (χ3v) is 5.19. The smallest absolute Gasteiger partial charge is 0.271 e. The summed E-state index contributed by atoms with van der Waals surface area (Å²) in [4.78, 5) is 20.5. The van der Waals surface area contributed by atoms with Crippen molar-refractivity contribution in [3.8, 4) is 17.2 Å². The van der Waals surface area contributed by atoms with Crippen molar-refractivity contribution in [3.05, 3.63) is 83.2 Å². The fourth-order valence-corrected chi connectivity index (χ4v) is 3.49. The van der Waals surface area contributed by atoms with Crippen LogP contribution in [0.1, 0.15) is 34.2 Å². The van der Waals surface area contributed by atoms with Gasteiger partial charge in [-0.15, -0.1) is 0 Å². The Bertz CT molecular complexity index is 1310. The number of hydrazone groups is 1. The van der Waals surface area contributed by atoms with Gasteiger partial charge in [-0.2, -0.15) is 5.10 Å². The summed E-state index contributed by atoms with van der Waals surface area (Å²) in [6.07, 6.45) is 2.20. The molecule has 1 aromatic heterocycles. The van der Waals surface area contributed by atoms with Crippen LogP contribution in [0.25, 0.3) is 11.0 Å². The van der Waals surface area contributed by atoms with Gasteiger partial charge in [0, 0.05) is 12.0 Å². The highest BCUT2D eigenvalue weighted by molar-refractivity contribution is 5.97. The monoisotopic (exact) mass is 458 g/mol. The van der Waals surface area contributed by atoms with E-state index in [1.807, 2.05) is 43.3 Å². The number of aromatic nitrogens is 2. The molecule has 0 saturated heterocycles. The zero-order chi connectivity index (χ0) is 23.9. The molecule has 4 rings (SSSR count). The van der Waals surface area contributed by atoms with Crippen molar-refractivity contribution in [2.24, 2.45) is 5.10 Å². The van der Waals surface area contributed by atoms with Crippen molar-refractivity contribution in [1.29, 1.82) is 0 Å². The number of H-pyrrole nitrogens is 1. The molecule has 0 fully saturated rings. The lowest BCUT2D eigenvalue weighted by Crippen LogP contribution is -2.17. The molecular formula is C26H26N4O4. The standard InChI is InChI=1S/C26H26N4O4/c1-4-34-23-12-7-18(13-24(23)33-3)16-27-30-26(31)19-8-11-21-22(15-19)29-25(28-21)14-17-5-9-20(32-2)10-6-17/h5-13,15-16H,4,14H2,1-3H3,(H,28,29)(H,30,31)/b27-16-. The Labute approximate surface area is 197 Å². The summed E-state index contributed by atoms with van der Waals surface area (Å²) < 4.78 is 16.0. The molecule has 0 spiro atoms. The molecule has 1 amide bonds. The van der Waals surface area contributed by atoms with Crippen LogP contribution in [-0.4, -0.2) is 42.9 Å². The highest BCUT2D eigenvalue weighted by Gasteiger charge is 2.10. The first-order valence-electron chi connectivity index (χ1n) is 10.9. The molecule has 0 aliphatic heterocycles. The van der Waals surface area contributed by atoms with Gasteiger partial charge in [0.05, 0.1) is 38.1 Å². The lowest BCUT2D eigenvalue weighted by Gasteiger charge is -2.09. The maximum Gasteiger partial charge on any atom is 0.271 e. The zero-order valence-electron chi connectivity index (χ0n) is 19.3. The second-order valence-corrected chi connectivity index (χ2v) is 7.48. The van der Waals surface area contributed by atoms with Crippen LogP contribution in [0.15, 0.2) is 65.8 Å². The second kappa shape index (κ2) is 10.5. The molecular weight excluding hydrogens is 432 g/mol. The maximum atomic E-state index is 12.6. The van der Waals surface area contributed by atoms with Gasteiger partial charge >= 0.3 is 0 Å². The first kappa shape index (κ1) is 22.8. The van der Waals surface area contributed by atoms with Crippen molar-refractivity contribution in [1.82, 2.24) is 15.4 Å². The van der Waals surface area contributed by atoms with Gasteiger partial charge in [0.1, 0.15) is 11.6 Å². The van der Waals surface area contributed by atoms with Crippen LogP contribution < -0.4 is 19.6 Å². The summed E-state index contributed by atoms with van der Waals surface area (Å²) >= 11 is 0. The average molecular weight is 459 g/mol. The predicted octanol–water partition coefficient (Wildman–Crippen LogP) is 4.33. The number of methoxy groups -OCH3 is 2. The number of carbonyl (C=O) groups is 1. The number of fused-ring (bicyclic) bond motifs is 1. The van der Waals surface area contributed by atoms with E-state index in [-0.39, 0.29) is 5.91 Å². The van der Waals surface area contributed by atoms with E-state index in [2.05, 4.69) is 20.5 Å². The van der Waals surface area contributed by atoms with Crippen molar-refractivity contribution < 1.29 is 19.0 Å². The summed E-state index contributed by atoms with van der Waals surface area (Å²) in [6.45, 7) is 2.45. The van der Waals surface area contributed by atoms with Crippen LogP contribution in [0.3, 0.4) is 0 Å². The molecule has 8 nitrogen and oxygen atoms in total. The first-order valence-corrected chi connectivity index (χ1v) is 10.9. The van der Waals surface area contributed by atoms with Crippen LogP contribution in [0, 0.1) is 0 Å². The number of aromatic amines is 1. The molecule has 0 saturated carbocycles. The van der Waals surface area contributed by atoms with Crippen LogP contribution in [0.5, 0.6) is 17.2 Å². The van der Waals surface area contributed by atoms with E-state index in [0.717, 1.165) is 33.7 Å². The normalized spacial score (nSPS) is 11.0. The van der Waals surface area contributed by atoms with Crippen LogP contribution in [0.4, 0.5) is 0 Å². The van der Waals surface area contributed by atoms with Gasteiger partial charge in [0.15, 0.2) is 11.5 Å². The predicted molar refractivity (Wildman–Crippen MR) is 131 cm³/mol. The molecule has 0 radical (unpaired) electrons. The number of benzene rings is 3. The number of ether oxygens (including phenoxy) is 3. The first-order chi connectivity index (χ1) is 16.6. The quantitative estimate of drug-likeness (QED) is 0.287. The Balaban J connectivity index is 1.42. The van der Waals surface area contributed by atoms with E-state index in [1.165, 1.54) is 0 Å². The van der Waals surface area contributed by atoms with Crippen molar-refractivity contribution in [2.75, 3.05) is 20.8 Å². The lowest BCUT2D eigenvalue weighted by molar-refractivity contribution is 0.0955. The van der Waals surface area contributed by atoms with E-state index in [9.17, 15) is 4.79 Å². The Morgan fingerprint density at radius 3 is 2.59 bits per heavy atom. The molecule has 0 atom stereocenters. The summed E-state index contributed by atoms with van der Waals surface area (Å²) in [6, 6.07) is 18.6. The number of rotatable bonds is 9. The van der Waals surface area contributed by atoms with Crippen LogP contribution >= 0.6 is 0 Å². The molecule has 2 N–H and O–H groups in total. The molecule has 3 aromatic carbocycles. The minimum Gasteiger partial charge on any atom is -0.497 e. The Morgan fingerprint density at radius 1 is 1.03 bits per heavy atom. The Hall–Kier alpha value is -4.33. The lowest BCUT2D eigenvalue weighted by atomic mass is 10.1. The van der Waals surface area contributed by atoms with Crippen LogP contribution in [0.2, 0.25) is 0 Å². The van der Waals surface area contributed by atoms with Gasteiger partial charge < -0.3 is 19.2 Å². The SMILES string of the molecule is CCOc1ccc(/C=N\NC(=O)c2ccc3nc(Cc4ccc(OC)cc4)[nH]c3c2)cc1OC. The highest BCUT2D eigenvalue weighted by atomic mass is 16.5. The molecule has 4 aromatic rings. The largest absolute Gasteiger partial charge is 0.497 e. The summed E-state index contributed by atoms with van der Waals surface area (Å²) in [5.41, 5.74) is 6.50. The van der Waals surface area contributed by atoms with E-state index in [1.54, 1.807) is 44.7 Å². The Kier molecular flexibility index (Phi) is 7.07. The molecule has 34 heavy (non-hydrogen) atoms. The number of nitrogens with zero attached hydrogens (tertiary/aromatic N) is 2. The topological polar surface area (TPSA) is 97.8 Å². The molecule has 8 heteroatoms. The molecule has 174 valence electrons. The molecule has 0 unspecified atom stereocenters. The second-order valence-electron chi connectivity index (χ2n) is 7.48. The van der Waals surface area contributed by atoms with Gasteiger partial charge in [0.25, 0.3) is 5.91 Å². The van der Waals surface area contributed by atoms with Crippen LogP contribution in [-0.2, 0) is 6.42 Å². The Morgan fingerprint density at radius 2 is 1.85 bits per heavy atom. The molecule has 0 bridgehead atoms. The number of hydrogen-bond donors (Lipinski definition) is 2. The number of hydrogen-bond acceptors (Lipinski definition) is 6. The number of amides is 1. The van der Waals surface area contributed by atoms with E-state index >= 15 is 0 Å². The van der Waals surface area contributed by atoms with E-state index in [0.29, 0.717) is 30.1 Å². The number of imidazole rings is 1. The minimum atomic E-state index is -0.317. The van der Waals surface area contributed by atoms with Gasteiger partial charge in [-0.1, -0.05) is 12.1 Å². The zero-order valence-corrected chi connectivity index (χ0v) is 19.3. The molecule has 0 aliphatic carbocycles. The van der Waals surface area contributed by atoms with E-state index < -0.39 is 0 Å². The van der Waals surface area contributed by atoms with Crippen molar-refractivity contribution in [3.63, 3.8) is 0 Å². The fraction of sp³-hybridized carbons (Fsp3) is 0.192. The highest BCUT2D eigenvalue weighted by Crippen LogP contribution is 2.27. The minimum absolute atomic E-state index is 0.317. The molecule has 0 aliphatic rings. The van der Waals surface area contributed by atoms with Gasteiger partial charge in [-0.3, -0.25) is 4.79 Å². The summed E-state index contributed by atoms with van der Waals surface area (Å²) in [5.74, 6) is 2.58. The van der Waals surface area contributed by atoms with Crippen molar-refractivity contribution in [2.45, 2.75) is 13.3 Å². The average Bonchev–Trinajstić information content (AvgIpc) is 3.26.